The molecule has 0 aliphatic heterocycles. The topological polar surface area (TPSA) is 137 Å². The first-order chi connectivity index (χ1) is 17.3. The van der Waals surface area contributed by atoms with Crippen molar-refractivity contribution in [3.05, 3.63) is 47.3 Å². The molecule has 14 heteroatoms. The highest BCUT2D eigenvalue weighted by atomic mass is 31.3. The molecule has 1 aliphatic rings. The molecule has 3 unspecified atom stereocenters. The number of rotatable bonds is 14. The number of halogens is 1. The Morgan fingerprint density at radius 2 is 1.68 bits per heavy atom. The molecule has 3 rings (SSSR count). The van der Waals surface area contributed by atoms with Crippen LogP contribution < -0.4 is 0 Å². The van der Waals surface area contributed by atoms with Gasteiger partial charge in [-0.1, -0.05) is 20.8 Å². The fourth-order valence-corrected chi connectivity index (χ4v) is 10.9. The van der Waals surface area contributed by atoms with Crippen LogP contribution in [0.1, 0.15) is 80.4 Å². The van der Waals surface area contributed by atoms with Gasteiger partial charge in [0.05, 0.1) is 41.8 Å². The standard InChI is InChI=1S/C23H34FN2O8P3/c1-5-10-35(28,29)33-37(31,12-7-3)34-36(30,11-6-2)32-23(27)19-14-22(17(4)13-20(19)24)26-15-21(25-16-26)18-8-9-18/h13-16,18H,5-12H2,1-4H3,(H,28,29)/p+1. The molecule has 0 radical (unpaired) electrons. The average Bonchev–Trinajstić information content (AvgIpc) is 3.50. The van der Waals surface area contributed by atoms with Gasteiger partial charge in [-0.2, -0.15) is 4.31 Å². The predicted octanol–water partition coefficient (Wildman–Crippen LogP) is 6.92. The maximum Gasteiger partial charge on any atom is 0.480 e. The number of aromatic nitrogens is 2. The highest BCUT2D eigenvalue weighted by molar-refractivity contribution is 7.72. The molecule has 37 heavy (non-hydrogen) atoms. The summed E-state index contributed by atoms with van der Waals surface area (Å²) in [6, 6.07) is 2.45. The summed E-state index contributed by atoms with van der Waals surface area (Å²) >= 11 is 0. The molecule has 1 fully saturated rings. The van der Waals surface area contributed by atoms with Gasteiger partial charge in [-0.05, 0) is 56.7 Å². The van der Waals surface area contributed by atoms with Gasteiger partial charge >= 0.3 is 28.8 Å². The summed E-state index contributed by atoms with van der Waals surface area (Å²) in [5.41, 5.74) is 1.47. The van der Waals surface area contributed by atoms with Gasteiger partial charge in [0.2, 0.25) is 0 Å². The lowest BCUT2D eigenvalue weighted by atomic mass is 10.1. The molecule has 0 saturated heterocycles. The first kappa shape index (κ1) is 29.9. The zero-order valence-electron chi connectivity index (χ0n) is 21.5. The Morgan fingerprint density at radius 3 is 2.27 bits per heavy atom. The zero-order chi connectivity index (χ0) is 27.4. The van der Waals surface area contributed by atoms with E-state index < -0.39 is 40.1 Å². The van der Waals surface area contributed by atoms with Crippen LogP contribution in [0.25, 0.3) is 5.69 Å². The van der Waals surface area contributed by atoms with Crippen LogP contribution in [0.3, 0.4) is 0 Å². The van der Waals surface area contributed by atoms with Crippen LogP contribution in [0.4, 0.5) is 4.39 Å². The summed E-state index contributed by atoms with van der Waals surface area (Å²) in [4.78, 5) is 25.3. The van der Waals surface area contributed by atoms with Gasteiger partial charge in [0.25, 0.3) is 0 Å². The minimum absolute atomic E-state index is 0.171. The van der Waals surface area contributed by atoms with Crippen LogP contribution in [-0.2, 0) is 26.8 Å². The zero-order valence-corrected chi connectivity index (χ0v) is 24.2. The van der Waals surface area contributed by atoms with Gasteiger partial charge < -0.3 is 14.0 Å². The molecule has 1 heterocycles. The highest BCUT2D eigenvalue weighted by Gasteiger charge is 2.45. The normalized spacial score (nSPS) is 18.5. The van der Waals surface area contributed by atoms with E-state index >= 15 is 0 Å². The number of imidazole rings is 1. The van der Waals surface area contributed by atoms with Crippen LogP contribution in [-0.4, -0.2) is 38.9 Å². The summed E-state index contributed by atoms with van der Waals surface area (Å²) in [6.07, 6.45) is 5.55. The number of nitrogens with zero attached hydrogens (tertiary/aromatic N) is 2. The van der Waals surface area contributed by atoms with E-state index in [-0.39, 0.29) is 31.3 Å². The number of carbonyl (C=O) groups is 1. The van der Waals surface area contributed by atoms with E-state index in [1.807, 2.05) is 6.20 Å². The summed E-state index contributed by atoms with van der Waals surface area (Å²) in [7, 11) is -12.9. The van der Waals surface area contributed by atoms with Crippen molar-refractivity contribution in [2.45, 2.75) is 65.7 Å². The molecule has 206 valence electrons. The maximum atomic E-state index is 14.9. The molecule has 3 atom stereocenters. The molecule has 1 aromatic heterocycles. The van der Waals surface area contributed by atoms with E-state index in [2.05, 4.69) is 4.98 Å². The van der Waals surface area contributed by atoms with Crippen LogP contribution in [0, 0.1) is 12.7 Å². The van der Waals surface area contributed by atoms with Crippen molar-refractivity contribution in [2.24, 2.45) is 0 Å². The molecule has 2 aromatic rings. The summed E-state index contributed by atoms with van der Waals surface area (Å²) in [6.45, 7) is 6.66. The van der Waals surface area contributed by atoms with Crippen LogP contribution in [0.15, 0.2) is 24.7 Å². The van der Waals surface area contributed by atoms with Gasteiger partial charge in [-0.15, -0.1) is 0 Å². The number of hydrogen-bond acceptors (Lipinski definition) is 8. The van der Waals surface area contributed by atoms with Crippen molar-refractivity contribution < 1.29 is 40.9 Å². The number of carbonyl (C=O) groups excluding carboxylic acids is 1. The minimum atomic E-state index is -4.44. The fourth-order valence-electron chi connectivity index (χ4n) is 3.80. The van der Waals surface area contributed by atoms with E-state index in [1.54, 1.807) is 38.6 Å². The fraction of sp³-hybridized carbons (Fsp3) is 0.565. The smallest absolute Gasteiger partial charge is 0.391 e. The lowest BCUT2D eigenvalue weighted by Crippen LogP contribution is -2.11. The third-order valence-corrected chi connectivity index (χ3v) is 13.1. The monoisotopic (exact) mass is 579 g/mol. The van der Waals surface area contributed by atoms with Gasteiger partial charge in [-0.25, -0.2) is 27.6 Å². The SMILES string of the molecule is CCCP(=O)([OH2+])OP(=O)(CCC)OP(=O)(CCC)OC(=O)c1cc(-n2cnc(C3CC3)c2)c(C)cc1F. The lowest BCUT2D eigenvalue weighted by molar-refractivity contribution is 0.0714. The van der Waals surface area contributed by atoms with Gasteiger partial charge in [0.1, 0.15) is 5.82 Å². The number of aryl methyl sites for hydroxylation is 1. The molecular formula is C23H35FN2O8P3+. The number of hydrogen-bond donors (Lipinski definition) is 0. The Morgan fingerprint density at radius 1 is 1.05 bits per heavy atom. The third-order valence-electron chi connectivity index (χ3n) is 5.62. The second kappa shape index (κ2) is 12.1. The molecule has 0 spiro atoms. The van der Waals surface area contributed by atoms with Crippen molar-refractivity contribution in [1.29, 1.82) is 0 Å². The Labute approximate surface area is 216 Å². The first-order valence-corrected chi connectivity index (χ1v) is 17.6. The van der Waals surface area contributed by atoms with Crippen LogP contribution in [0.5, 0.6) is 0 Å². The van der Waals surface area contributed by atoms with E-state index in [9.17, 15) is 22.9 Å². The molecule has 2 N–H and O–H groups in total. The van der Waals surface area contributed by atoms with E-state index in [0.717, 1.165) is 18.5 Å². The molecule has 0 bridgehead atoms. The highest BCUT2D eigenvalue weighted by Crippen LogP contribution is 2.71. The Kier molecular flexibility index (Phi) is 9.76. The van der Waals surface area contributed by atoms with Crippen molar-refractivity contribution in [3.63, 3.8) is 0 Å². The quantitative estimate of drug-likeness (QED) is 0.174. The summed E-state index contributed by atoms with van der Waals surface area (Å²) in [5.74, 6) is -1.74. The Bertz CT molecular complexity index is 1280. The second-order valence-electron chi connectivity index (χ2n) is 9.21. The van der Waals surface area contributed by atoms with Crippen LogP contribution in [0.2, 0.25) is 0 Å². The first-order valence-electron chi connectivity index (χ1n) is 12.4. The molecule has 1 aromatic carbocycles. The van der Waals surface area contributed by atoms with Crippen molar-refractivity contribution in [2.75, 3.05) is 18.5 Å². The second-order valence-corrected chi connectivity index (χ2v) is 15.8. The largest absolute Gasteiger partial charge is 0.480 e. The Balaban J connectivity index is 1.89. The van der Waals surface area contributed by atoms with E-state index in [0.29, 0.717) is 23.6 Å². The predicted molar refractivity (Wildman–Crippen MR) is 140 cm³/mol. The summed E-state index contributed by atoms with van der Waals surface area (Å²) < 4.78 is 71.4. The average molecular weight is 579 g/mol. The van der Waals surface area contributed by atoms with E-state index in [4.69, 9.17) is 18.0 Å². The number of benzene rings is 1. The molecule has 1 aliphatic carbocycles. The van der Waals surface area contributed by atoms with Crippen LogP contribution >= 0.6 is 22.8 Å². The van der Waals surface area contributed by atoms with Gasteiger partial charge in [-0.3, -0.25) is 4.57 Å². The van der Waals surface area contributed by atoms with E-state index in [1.165, 1.54) is 12.1 Å². The molecular weight excluding hydrogens is 544 g/mol. The summed E-state index contributed by atoms with van der Waals surface area (Å²) in [5, 5.41) is 0. The molecule has 10 nitrogen and oxygen atoms in total. The Hall–Kier alpha value is -1.60. The van der Waals surface area contributed by atoms with Gasteiger partial charge in [0, 0.05) is 12.1 Å². The van der Waals surface area contributed by atoms with Crippen molar-refractivity contribution in [3.8, 4) is 5.69 Å². The third kappa shape index (κ3) is 7.95. The van der Waals surface area contributed by atoms with Crippen molar-refractivity contribution >= 4 is 28.8 Å². The van der Waals surface area contributed by atoms with Crippen molar-refractivity contribution in [1.82, 2.24) is 9.55 Å². The minimum Gasteiger partial charge on any atom is -0.391 e. The maximum absolute atomic E-state index is 14.9. The van der Waals surface area contributed by atoms with Gasteiger partial charge in [0.15, 0.2) is 0 Å². The molecule has 1 saturated carbocycles. The lowest BCUT2D eigenvalue weighted by Gasteiger charge is -2.24. The molecule has 0 amide bonds.